The van der Waals surface area contributed by atoms with Crippen LogP contribution in [0.5, 0.6) is 0 Å². The van der Waals surface area contributed by atoms with E-state index in [0.29, 0.717) is 5.56 Å². The van der Waals surface area contributed by atoms with E-state index in [4.69, 9.17) is 0 Å². The fourth-order valence-electron chi connectivity index (χ4n) is 0.968. The lowest BCUT2D eigenvalue weighted by atomic mass is 9.83. The average molecular weight is 178 g/mol. The molecule has 3 nitrogen and oxygen atoms in total. The number of ketones is 1. The lowest BCUT2D eigenvalue weighted by Gasteiger charge is -2.20. The van der Waals surface area contributed by atoms with Crippen LogP contribution in [0.4, 0.5) is 0 Å². The van der Waals surface area contributed by atoms with Gasteiger partial charge in [0.25, 0.3) is 0 Å². The standard InChI is InChI=1S/C10H14N2O/c1-4-10(2,3)9(13)8-5-11-7-12-6-8/h5-7H,4H2,1-3H3. The number of hydrogen-bond acceptors (Lipinski definition) is 3. The molecule has 0 aliphatic rings. The van der Waals surface area contributed by atoms with Gasteiger partial charge in [0.05, 0.1) is 5.56 Å². The van der Waals surface area contributed by atoms with Gasteiger partial charge < -0.3 is 0 Å². The quantitative estimate of drug-likeness (QED) is 0.665. The van der Waals surface area contributed by atoms with E-state index in [1.165, 1.54) is 6.33 Å². The van der Waals surface area contributed by atoms with Crippen LogP contribution in [0.15, 0.2) is 18.7 Å². The monoisotopic (exact) mass is 178 g/mol. The van der Waals surface area contributed by atoms with E-state index in [-0.39, 0.29) is 11.2 Å². The van der Waals surface area contributed by atoms with Crippen molar-refractivity contribution in [1.82, 2.24) is 9.97 Å². The number of hydrogen-bond donors (Lipinski definition) is 0. The van der Waals surface area contributed by atoms with Crippen molar-refractivity contribution in [3.63, 3.8) is 0 Å². The van der Waals surface area contributed by atoms with Crippen LogP contribution in [-0.4, -0.2) is 15.8 Å². The van der Waals surface area contributed by atoms with E-state index in [0.717, 1.165) is 6.42 Å². The molecular weight excluding hydrogens is 164 g/mol. The molecule has 0 N–H and O–H groups in total. The summed E-state index contributed by atoms with van der Waals surface area (Å²) in [6, 6.07) is 0. The Morgan fingerprint density at radius 1 is 1.38 bits per heavy atom. The Morgan fingerprint density at radius 2 is 1.92 bits per heavy atom. The molecule has 1 aromatic heterocycles. The molecule has 3 heteroatoms. The minimum Gasteiger partial charge on any atom is -0.293 e. The van der Waals surface area contributed by atoms with Gasteiger partial charge in [0, 0.05) is 17.8 Å². The molecule has 0 spiro atoms. The van der Waals surface area contributed by atoms with Gasteiger partial charge in [-0.15, -0.1) is 0 Å². The van der Waals surface area contributed by atoms with Crippen molar-refractivity contribution in [2.75, 3.05) is 0 Å². The lowest BCUT2D eigenvalue weighted by molar-refractivity contribution is 0.0832. The fraction of sp³-hybridized carbons (Fsp3) is 0.500. The maximum atomic E-state index is 11.8. The number of carbonyl (C=O) groups excluding carboxylic acids is 1. The first-order valence-corrected chi connectivity index (χ1v) is 4.37. The Hall–Kier alpha value is -1.25. The molecule has 0 saturated heterocycles. The van der Waals surface area contributed by atoms with Gasteiger partial charge >= 0.3 is 0 Å². The van der Waals surface area contributed by atoms with Gasteiger partial charge in [-0.25, -0.2) is 9.97 Å². The van der Waals surface area contributed by atoms with Crippen LogP contribution < -0.4 is 0 Å². The zero-order valence-electron chi connectivity index (χ0n) is 8.24. The van der Waals surface area contributed by atoms with Crippen molar-refractivity contribution in [2.24, 2.45) is 5.41 Å². The van der Waals surface area contributed by atoms with Gasteiger partial charge in [0.1, 0.15) is 6.33 Å². The molecule has 70 valence electrons. The molecule has 0 radical (unpaired) electrons. The lowest BCUT2D eigenvalue weighted by Crippen LogP contribution is -2.23. The van der Waals surface area contributed by atoms with Crippen molar-refractivity contribution in [3.8, 4) is 0 Å². The first kappa shape index (κ1) is 9.84. The Kier molecular flexibility index (Phi) is 2.76. The molecule has 0 fully saturated rings. The van der Waals surface area contributed by atoms with Crippen molar-refractivity contribution in [1.29, 1.82) is 0 Å². The zero-order valence-corrected chi connectivity index (χ0v) is 8.24. The summed E-state index contributed by atoms with van der Waals surface area (Å²) in [7, 11) is 0. The first-order chi connectivity index (χ1) is 6.08. The van der Waals surface area contributed by atoms with Crippen LogP contribution in [0.3, 0.4) is 0 Å². The van der Waals surface area contributed by atoms with E-state index >= 15 is 0 Å². The van der Waals surface area contributed by atoms with Crippen LogP contribution in [-0.2, 0) is 0 Å². The predicted octanol–water partition coefficient (Wildman–Crippen LogP) is 2.10. The van der Waals surface area contributed by atoms with Crippen molar-refractivity contribution >= 4 is 5.78 Å². The molecule has 0 bridgehead atoms. The predicted molar refractivity (Wildman–Crippen MR) is 50.4 cm³/mol. The van der Waals surface area contributed by atoms with Gasteiger partial charge in [-0.3, -0.25) is 4.79 Å². The summed E-state index contributed by atoms with van der Waals surface area (Å²) in [6.45, 7) is 5.87. The SMILES string of the molecule is CCC(C)(C)C(=O)c1cncnc1. The van der Waals surface area contributed by atoms with Crippen molar-refractivity contribution in [2.45, 2.75) is 27.2 Å². The highest BCUT2D eigenvalue weighted by molar-refractivity contribution is 5.99. The van der Waals surface area contributed by atoms with E-state index in [2.05, 4.69) is 9.97 Å². The molecule has 0 atom stereocenters. The zero-order chi connectivity index (χ0) is 9.90. The van der Waals surface area contributed by atoms with Crippen molar-refractivity contribution in [3.05, 3.63) is 24.3 Å². The third-order valence-electron chi connectivity index (χ3n) is 2.32. The summed E-state index contributed by atoms with van der Waals surface area (Å²) < 4.78 is 0. The molecule has 0 aromatic carbocycles. The second kappa shape index (κ2) is 3.64. The third kappa shape index (κ3) is 2.11. The third-order valence-corrected chi connectivity index (χ3v) is 2.32. The fourth-order valence-corrected chi connectivity index (χ4v) is 0.968. The summed E-state index contributed by atoms with van der Waals surface area (Å²) in [6.07, 6.45) is 5.37. The Balaban J connectivity index is 2.93. The summed E-state index contributed by atoms with van der Waals surface area (Å²) in [5.41, 5.74) is 0.277. The largest absolute Gasteiger partial charge is 0.293 e. The first-order valence-electron chi connectivity index (χ1n) is 4.37. The molecule has 0 aliphatic carbocycles. The second-order valence-corrected chi connectivity index (χ2v) is 3.69. The van der Waals surface area contributed by atoms with Gasteiger partial charge in [-0.05, 0) is 6.42 Å². The molecule has 0 unspecified atom stereocenters. The number of carbonyl (C=O) groups is 1. The smallest absolute Gasteiger partial charge is 0.171 e. The molecule has 1 heterocycles. The molecule has 0 aliphatic heterocycles. The number of nitrogens with zero attached hydrogens (tertiary/aromatic N) is 2. The molecule has 0 saturated carbocycles. The molecule has 13 heavy (non-hydrogen) atoms. The Labute approximate surface area is 78.2 Å². The maximum Gasteiger partial charge on any atom is 0.171 e. The summed E-state index contributed by atoms with van der Waals surface area (Å²) in [5.74, 6) is 0.107. The summed E-state index contributed by atoms with van der Waals surface area (Å²) in [5, 5.41) is 0. The van der Waals surface area contributed by atoms with Gasteiger partial charge in [0.2, 0.25) is 0 Å². The van der Waals surface area contributed by atoms with Gasteiger partial charge in [-0.2, -0.15) is 0 Å². The van der Waals surface area contributed by atoms with Crippen LogP contribution in [0.1, 0.15) is 37.6 Å². The van der Waals surface area contributed by atoms with Crippen LogP contribution in [0.25, 0.3) is 0 Å². The topological polar surface area (TPSA) is 42.9 Å². The number of aromatic nitrogens is 2. The second-order valence-electron chi connectivity index (χ2n) is 3.69. The number of rotatable bonds is 3. The number of Topliss-reactive ketones (excluding diaryl/α,β-unsaturated/α-hetero) is 1. The summed E-state index contributed by atoms with van der Waals surface area (Å²) in [4.78, 5) is 19.5. The minimum atomic E-state index is -0.315. The highest BCUT2D eigenvalue weighted by atomic mass is 16.1. The molecular formula is C10H14N2O. The normalized spacial score (nSPS) is 11.3. The summed E-state index contributed by atoms with van der Waals surface area (Å²) >= 11 is 0. The highest BCUT2D eigenvalue weighted by Crippen LogP contribution is 2.24. The Bertz CT molecular complexity index is 293. The van der Waals surface area contributed by atoms with Crippen molar-refractivity contribution < 1.29 is 4.79 Å². The highest BCUT2D eigenvalue weighted by Gasteiger charge is 2.26. The molecule has 1 aromatic rings. The van der Waals surface area contributed by atoms with Crippen LogP contribution >= 0.6 is 0 Å². The maximum absolute atomic E-state index is 11.8. The van der Waals surface area contributed by atoms with Crippen LogP contribution in [0.2, 0.25) is 0 Å². The van der Waals surface area contributed by atoms with Gasteiger partial charge in [-0.1, -0.05) is 20.8 Å². The van der Waals surface area contributed by atoms with E-state index in [9.17, 15) is 4.79 Å². The minimum absolute atomic E-state index is 0.107. The molecule has 1 rings (SSSR count). The van der Waals surface area contributed by atoms with E-state index < -0.39 is 0 Å². The van der Waals surface area contributed by atoms with Crippen LogP contribution in [0, 0.1) is 5.41 Å². The molecule has 0 amide bonds. The Morgan fingerprint density at radius 3 is 2.38 bits per heavy atom. The van der Waals surface area contributed by atoms with Gasteiger partial charge in [0.15, 0.2) is 5.78 Å². The van der Waals surface area contributed by atoms with E-state index in [1.807, 2.05) is 20.8 Å². The average Bonchev–Trinajstić information content (AvgIpc) is 2.18. The van der Waals surface area contributed by atoms with E-state index in [1.54, 1.807) is 12.4 Å².